The van der Waals surface area contributed by atoms with Crippen molar-refractivity contribution in [2.24, 2.45) is 5.92 Å². The molecular formula is C16H25ClN2O3. The summed E-state index contributed by atoms with van der Waals surface area (Å²) in [6, 6.07) is 4.22. The van der Waals surface area contributed by atoms with Gasteiger partial charge in [-0.3, -0.25) is 4.90 Å². The summed E-state index contributed by atoms with van der Waals surface area (Å²) in [6.07, 6.45) is 5.20. The molecule has 0 bridgehead atoms. The molecular weight excluding hydrogens is 304 g/mol. The van der Waals surface area contributed by atoms with Crippen LogP contribution in [0.15, 0.2) is 16.5 Å². The van der Waals surface area contributed by atoms with Crippen molar-refractivity contribution in [3.8, 4) is 0 Å². The first-order chi connectivity index (χ1) is 10.2. The number of nitrogens with zero attached hydrogens (tertiary/aromatic N) is 1. The van der Waals surface area contributed by atoms with Crippen LogP contribution in [-0.2, 0) is 11.3 Å². The van der Waals surface area contributed by atoms with Crippen molar-refractivity contribution in [3.05, 3.63) is 23.7 Å². The van der Waals surface area contributed by atoms with E-state index in [4.69, 9.17) is 4.42 Å². The fraction of sp³-hybridized carbons (Fsp3) is 0.688. The van der Waals surface area contributed by atoms with Gasteiger partial charge in [-0.05, 0) is 50.3 Å². The summed E-state index contributed by atoms with van der Waals surface area (Å²) in [6.45, 7) is 4.13. The lowest BCUT2D eigenvalue weighted by Crippen LogP contribution is -2.42. The number of hydrogen-bond acceptors (Lipinski definition) is 5. The van der Waals surface area contributed by atoms with Crippen LogP contribution in [0, 0.1) is 5.92 Å². The van der Waals surface area contributed by atoms with E-state index in [9.17, 15) is 4.79 Å². The Labute approximate surface area is 137 Å². The lowest BCUT2D eigenvalue weighted by atomic mass is 10.0. The van der Waals surface area contributed by atoms with E-state index < -0.39 is 5.97 Å². The number of furan rings is 1. The minimum absolute atomic E-state index is 0. The highest BCUT2D eigenvalue weighted by Gasteiger charge is 2.24. The number of carbonyl (C=O) groups excluding carboxylic acids is 1. The summed E-state index contributed by atoms with van der Waals surface area (Å²) in [5, 5.41) is 3.68. The molecule has 0 amide bonds. The average Bonchev–Trinajstić information content (AvgIpc) is 3.23. The fourth-order valence-electron chi connectivity index (χ4n) is 2.84. The standard InChI is InChI=1S/C16H24N2O3.ClH/c1-20-16(19)15-5-4-14(21-15)11-18-8-6-13(7-9-18)17-10-12-2-3-12;/h4-5,12-13,17H,2-3,6-11H2,1H3;1H. The molecule has 0 aromatic carbocycles. The number of hydrogen-bond donors (Lipinski definition) is 1. The first-order valence-electron chi connectivity index (χ1n) is 7.87. The quantitative estimate of drug-likeness (QED) is 0.813. The van der Waals surface area contributed by atoms with Gasteiger partial charge in [-0.2, -0.15) is 0 Å². The van der Waals surface area contributed by atoms with E-state index in [1.807, 2.05) is 6.07 Å². The van der Waals surface area contributed by atoms with Gasteiger partial charge in [0.2, 0.25) is 5.76 Å². The Morgan fingerprint density at radius 2 is 2.05 bits per heavy atom. The van der Waals surface area contributed by atoms with Crippen molar-refractivity contribution in [1.29, 1.82) is 0 Å². The highest BCUT2D eigenvalue weighted by molar-refractivity contribution is 5.86. The predicted molar refractivity (Wildman–Crippen MR) is 86.3 cm³/mol. The zero-order valence-electron chi connectivity index (χ0n) is 13.0. The number of rotatable bonds is 6. The third-order valence-corrected chi connectivity index (χ3v) is 4.41. The molecule has 5 nitrogen and oxygen atoms in total. The van der Waals surface area contributed by atoms with Crippen molar-refractivity contribution in [2.75, 3.05) is 26.7 Å². The summed E-state index contributed by atoms with van der Waals surface area (Å²) in [4.78, 5) is 13.7. The number of piperidine rings is 1. The maximum atomic E-state index is 11.4. The second-order valence-electron chi connectivity index (χ2n) is 6.16. The minimum atomic E-state index is -0.413. The second-order valence-corrected chi connectivity index (χ2v) is 6.16. The molecule has 1 aromatic rings. The molecule has 124 valence electrons. The summed E-state index contributed by atoms with van der Waals surface area (Å²) < 4.78 is 10.2. The lowest BCUT2D eigenvalue weighted by molar-refractivity contribution is 0.0560. The number of carbonyl (C=O) groups is 1. The highest BCUT2D eigenvalue weighted by Crippen LogP contribution is 2.28. The highest BCUT2D eigenvalue weighted by atomic mass is 35.5. The van der Waals surface area contributed by atoms with Gasteiger partial charge >= 0.3 is 5.97 Å². The SMILES string of the molecule is COC(=O)c1ccc(CN2CCC(NCC3CC3)CC2)o1.Cl. The summed E-state index contributed by atoms with van der Waals surface area (Å²) in [7, 11) is 1.37. The van der Waals surface area contributed by atoms with Crippen LogP contribution >= 0.6 is 12.4 Å². The third kappa shape index (κ3) is 4.73. The Bertz CT molecular complexity index is 479. The van der Waals surface area contributed by atoms with Gasteiger partial charge in [0, 0.05) is 19.1 Å². The van der Waals surface area contributed by atoms with Crippen LogP contribution in [0.5, 0.6) is 0 Å². The largest absolute Gasteiger partial charge is 0.463 e. The van der Waals surface area contributed by atoms with Gasteiger partial charge in [0.05, 0.1) is 13.7 Å². The molecule has 6 heteroatoms. The average molecular weight is 329 g/mol. The second kappa shape index (κ2) is 7.99. The molecule has 1 aromatic heterocycles. The summed E-state index contributed by atoms with van der Waals surface area (Å²) in [5.74, 6) is 1.65. The molecule has 1 saturated carbocycles. The van der Waals surface area contributed by atoms with Crippen molar-refractivity contribution in [2.45, 2.75) is 38.3 Å². The summed E-state index contributed by atoms with van der Waals surface area (Å²) in [5.41, 5.74) is 0. The van der Waals surface area contributed by atoms with Crippen molar-refractivity contribution in [1.82, 2.24) is 10.2 Å². The van der Waals surface area contributed by atoms with Crippen molar-refractivity contribution < 1.29 is 13.9 Å². The van der Waals surface area contributed by atoms with Crippen LogP contribution < -0.4 is 5.32 Å². The molecule has 1 N–H and O–H groups in total. The van der Waals surface area contributed by atoms with E-state index in [2.05, 4.69) is 15.0 Å². The smallest absolute Gasteiger partial charge is 0.373 e. The van der Waals surface area contributed by atoms with Gasteiger partial charge in [0.1, 0.15) is 5.76 Å². The van der Waals surface area contributed by atoms with E-state index in [1.165, 1.54) is 39.3 Å². The molecule has 0 unspecified atom stereocenters. The molecule has 1 saturated heterocycles. The van der Waals surface area contributed by atoms with Crippen LogP contribution in [-0.4, -0.2) is 43.7 Å². The van der Waals surface area contributed by atoms with Crippen LogP contribution in [0.3, 0.4) is 0 Å². The minimum Gasteiger partial charge on any atom is -0.463 e. The number of likely N-dealkylation sites (tertiary alicyclic amines) is 1. The van der Waals surface area contributed by atoms with Gasteiger partial charge in [0.25, 0.3) is 0 Å². The van der Waals surface area contributed by atoms with E-state index in [-0.39, 0.29) is 18.2 Å². The summed E-state index contributed by atoms with van der Waals surface area (Å²) >= 11 is 0. The van der Waals surface area contributed by atoms with E-state index in [0.717, 1.165) is 31.3 Å². The van der Waals surface area contributed by atoms with Crippen LogP contribution in [0.1, 0.15) is 42.0 Å². The monoisotopic (exact) mass is 328 g/mol. The van der Waals surface area contributed by atoms with Gasteiger partial charge < -0.3 is 14.5 Å². The van der Waals surface area contributed by atoms with Crippen molar-refractivity contribution in [3.63, 3.8) is 0 Å². The number of methoxy groups -OCH3 is 1. The Morgan fingerprint density at radius 3 is 2.68 bits per heavy atom. The maximum Gasteiger partial charge on any atom is 0.373 e. The van der Waals surface area contributed by atoms with E-state index in [0.29, 0.717) is 6.04 Å². The topological polar surface area (TPSA) is 54.7 Å². The zero-order valence-corrected chi connectivity index (χ0v) is 13.9. The molecule has 0 atom stereocenters. The van der Waals surface area contributed by atoms with Gasteiger partial charge in [-0.15, -0.1) is 12.4 Å². The Balaban J connectivity index is 0.00000176. The Kier molecular flexibility index (Phi) is 6.29. The molecule has 2 heterocycles. The van der Waals surface area contributed by atoms with E-state index >= 15 is 0 Å². The molecule has 0 radical (unpaired) electrons. The Hall–Kier alpha value is -1.04. The normalized spacial score (nSPS) is 19.7. The predicted octanol–water partition coefficient (Wildman–Crippen LogP) is 2.45. The molecule has 0 spiro atoms. The van der Waals surface area contributed by atoms with E-state index in [1.54, 1.807) is 6.07 Å². The Morgan fingerprint density at radius 1 is 1.32 bits per heavy atom. The molecule has 22 heavy (non-hydrogen) atoms. The van der Waals surface area contributed by atoms with Crippen LogP contribution in [0.25, 0.3) is 0 Å². The van der Waals surface area contributed by atoms with Gasteiger partial charge in [-0.25, -0.2) is 4.79 Å². The number of nitrogens with one attached hydrogen (secondary N) is 1. The zero-order chi connectivity index (χ0) is 14.7. The van der Waals surface area contributed by atoms with Crippen LogP contribution in [0.2, 0.25) is 0 Å². The number of ether oxygens (including phenoxy) is 1. The maximum absolute atomic E-state index is 11.4. The van der Waals surface area contributed by atoms with Crippen molar-refractivity contribution >= 4 is 18.4 Å². The molecule has 1 aliphatic heterocycles. The van der Waals surface area contributed by atoms with Gasteiger partial charge in [-0.1, -0.05) is 0 Å². The molecule has 1 aliphatic carbocycles. The van der Waals surface area contributed by atoms with Gasteiger partial charge in [0.15, 0.2) is 0 Å². The molecule has 2 aliphatic rings. The molecule has 2 fully saturated rings. The lowest BCUT2D eigenvalue weighted by Gasteiger charge is -2.31. The molecule has 3 rings (SSSR count). The van der Waals surface area contributed by atoms with Crippen LogP contribution in [0.4, 0.5) is 0 Å². The number of esters is 1. The first kappa shape index (κ1) is 17.3. The first-order valence-corrected chi connectivity index (χ1v) is 7.87. The third-order valence-electron chi connectivity index (χ3n) is 4.41. The fourth-order valence-corrected chi connectivity index (χ4v) is 2.84. The number of halogens is 1.